The lowest BCUT2D eigenvalue weighted by Gasteiger charge is -2.25. The summed E-state index contributed by atoms with van der Waals surface area (Å²) in [5.41, 5.74) is 0.525. The van der Waals surface area contributed by atoms with Crippen molar-refractivity contribution in [1.29, 1.82) is 5.26 Å². The molecule has 1 atom stereocenters. The van der Waals surface area contributed by atoms with Gasteiger partial charge in [-0.15, -0.1) is 0 Å². The summed E-state index contributed by atoms with van der Waals surface area (Å²) in [6, 6.07) is 9.94. The van der Waals surface area contributed by atoms with Gasteiger partial charge in [0.25, 0.3) is 0 Å². The van der Waals surface area contributed by atoms with Crippen LogP contribution in [0.5, 0.6) is 5.75 Å². The molecule has 1 aromatic rings. The maximum absolute atomic E-state index is 12.1. The molecule has 1 amide bonds. The van der Waals surface area contributed by atoms with Crippen LogP contribution in [0.15, 0.2) is 24.3 Å². The molecule has 4 nitrogen and oxygen atoms in total. The van der Waals surface area contributed by atoms with Crippen molar-refractivity contribution in [3.05, 3.63) is 29.8 Å². The highest BCUT2D eigenvalue weighted by Gasteiger charge is 2.27. The van der Waals surface area contributed by atoms with Gasteiger partial charge in [-0.25, -0.2) is 0 Å². The number of rotatable bonds is 3. The monoisotopic (exact) mass is 258 g/mol. The lowest BCUT2D eigenvalue weighted by atomic mass is 9.93. The van der Waals surface area contributed by atoms with E-state index < -0.39 is 5.41 Å². The zero-order chi connectivity index (χ0) is 13.9. The van der Waals surface area contributed by atoms with Crippen LogP contribution in [0.3, 0.4) is 0 Å². The summed E-state index contributed by atoms with van der Waals surface area (Å²) in [4.78, 5) is 12.1. The van der Waals surface area contributed by atoms with Crippen molar-refractivity contribution in [2.24, 2.45) is 11.3 Å². The molecule has 4 heteroatoms. The third-order valence-electron chi connectivity index (χ3n) is 3.26. The second-order valence-corrected chi connectivity index (χ2v) is 5.53. The van der Waals surface area contributed by atoms with Gasteiger partial charge in [-0.2, -0.15) is 5.26 Å². The minimum atomic E-state index is -0.539. The van der Waals surface area contributed by atoms with E-state index in [1.54, 1.807) is 13.8 Å². The number of benzene rings is 1. The Kier molecular flexibility index (Phi) is 3.75. The number of nitrogens with zero attached hydrogens (tertiary/aromatic N) is 1. The minimum absolute atomic E-state index is 0.0437. The number of carbonyl (C=O) groups is 1. The molecule has 1 aliphatic rings. The van der Waals surface area contributed by atoms with Crippen molar-refractivity contribution in [3.8, 4) is 11.8 Å². The average Bonchev–Trinajstić information content (AvgIpc) is 2.44. The molecule has 1 aliphatic heterocycles. The second kappa shape index (κ2) is 5.31. The number of fused-ring (bicyclic) bond motifs is 1. The Bertz CT molecular complexity index is 517. The first-order chi connectivity index (χ1) is 9.02. The Morgan fingerprint density at radius 1 is 1.53 bits per heavy atom. The van der Waals surface area contributed by atoms with Gasteiger partial charge in [0.05, 0.1) is 17.4 Å². The number of hydrogen-bond donors (Lipinski definition) is 1. The topological polar surface area (TPSA) is 62.1 Å². The Balaban J connectivity index is 1.94. The predicted molar refractivity (Wildman–Crippen MR) is 71.5 cm³/mol. The zero-order valence-corrected chi connectivity index (χ0v) is 11.3. The summed E-state index contributed by atoms with van der Waals surface area (Å²) in [6.07, 6.45) is 0.689. The first-order valence-electron chi connectivity index (χ1n) is 6.41. The second-order valence-electron chi connectivity index (χ2n) is 5.53. The maximum Gasteiger partial charge on any atom is 0.226 e. The molecule has 1 N–H and O–H groups in total. The molecule has 0 spiro atoms. The third kappa shape index (κ3) is 3.25. The molecule has 100 valence electrons. The number of ether oxygens (including phenoxy) is 1. The Morgan fingerprint density at radius 3 is 3.00 bits per heavy atom. The Morgan fingerprint density at radius 2 is 2.26 bits per heavy atom. The third-order valence-corrected chi connectivity index (χ3v) is 3.26. The van der Waals surface area contributed by atoms with Gasteiger partial charge < -0.3 is 10.1 Å². The van der Waals surface area contributed by atoms with Crippen LogP contribution >= 0.6 is 0 Å². The van der Waals surface area contributed by atoms with E-state index in [1.807, 2.05) is 24.3 Å². The summed E-state index contributed by atoms with van der Waals surface area (Å²) in [7, 11) is 0. The van der Waals surface area contributed by atoms with Gasteiger partial charge in [0.15, 0.2) is 0 Å². The van der Waals surface area contributed by atoms with Crippen molar-refractivity contribution in [2.45, 2.75) is 20.3 Å². The van der Waals surface area contributed by atoms with Gasteiger partial charge >= 0.3 is 0 Å². The molecule has 0 aliphatic carbocycles. The normalized spacial score (nSPS) is 17.8. The van der Waals surface area contributed by atoms with Crippen molar-refractivity contribution >= 4 is 5.91 Å². The fourth-order valence-electron chi connectivity index (χ4n) is 1.99. The van der Waals surface area contributed by atoms with E-state index in [-0.39, 0.29) is 11.8 Å². The molecule has 1 heterocycles. The zero-order valence-electron chi connectivity index (χ0n) is 11.3. The highest BCUT2D eigenvalue weighted by Crippen LogP contribution is 2.26. The first-order valence-corrected chi connectivity index (χ1v) is 6.41. The number of nitrogens with one attached hydrogen (secondary N) is 1. The van der Waals surface area contributed by atoms with Crippen LogP contribution < -0.4 is 10.1 Å². The minimum Gasteiger partial charge on any atom is -0.492 e. The smallest absolute Gasteiger partial charge is 0.226 e. The van der Waals surface area contributed by atoms with E-state index in [0.29, 0.717) is 19.6 Å². The molecule has 1 unspecified atom stereocenters. The van der Waals surface area contributed by atoms with Crippen molar-refractivity contribution in [1.82, 2.24) is 5.32 Å². The van der Waals surface area contributed by atoms with Gasteiger partial charge in [0.1, 0.15) is 12.4 Å². The van der Waals surface area contributed by atoms with E-state index >= 15 is 0 Å². The predicted octanol–water partition coefficient (Wildman–Crippen LogP) is 1.90. The summed E-state index contributed by atoms with van der Waals surface area (Å²) < 4.78 is 5.59. The standard InChI is InChI=1S/C15H18N2O2/c1-15(2,9-16)10-17-14(18)12-7-11-5-3-4-6-13(11)19-8-12/h3-6,12H,7-8,10H2,1-2H3,(H,17,18). The summed E-state index contributed by atoms with van der Waals surface area (Å²) >= 11 is 0. The molecule has 0 saturated heterocycles. The van der Waals surface area contributed by atoms with Crippen molar-refractivity contribution in [2.75, 3.05) is 13.2 Å². The van der Waals surface area contributed by atoms with Crippen LogP contribution in [0.4, 0.5) is 0 Å². The molecule has 0 saturated carbocycles. The highest BCUT2D eigenvalue weighted by atomic mass is 16.5. The molecule has 0 bridgehead atoms. The van der Waals surface area contributed by atoms with E-state index in [4.69, 9.17) is 10.00 Å². The van der Waals surface area contributed by atoms with Crippen LogP contribution in [-0.2, 0) is 11.2 Å². The Labute approximate surface area is 113 Å². The molecule has 0 aromatic heterocycles. The van der Waals surface area contributed by atoms with E-state index in [0.717, 1.165) is 11.3 Å². The molecule has 0 fully saturated rings. The van der Waals surface area contributed by atoms with E-state index in [9.17, 15) is 4.79 Å². The van der Waals surface area contributed by atoms with Crippen LogP contribution in [0, 0.1) is 22.7 Å². The van der Waals surface area contributed by atoms with Gasteiger partial charge in [-0.1, -0.05) is 18.2 Å². The van der Waals surface area contributed by atoms with E-state index in [1.165, 1.54) is 0 Å². The number of amides is 1. The highest BCUT2D eigenvalue weighted by molar-refractivity contribution is 5.79. The average molecular weight is 258 g/mol. The van der Waals surface area contributed by atoms with Gasteiger partial charge in [0, 0.05) is 6.54 Å². The molecule has 0 radical (unpaired) electrons. The van der Waals surface area contributed by atoms with Crippen molar-refractivity contribution in [3.63, 3.8) is 0 Å². The summed E-state index contributed by atoms with van der Waals surface area (Å²) in [5, 5.41) is 11.8. The fraction of sp³-hybridized carbons (Fsp3) is 0.467. The first kappa shape index (κ1) is 13.4. The van der Waals surface area contributed by atoms with Gasteiger partial charge in [0.2, 0.25) is 5.91 Å². The lowest BCUT2D eigenvalue weighted by molar-refractivity contribution is -0.126. The summed E-state index contributed by atoms with van der Waals surface area (Å²) in [6.45, 7) is 4.37. The largest absolute Gasteiger partial charge is 0.492 e. The van der Waals surface area contributed by atoms with Crippen LogP contribution in [-0.4, -0.2) is 19.1 Å². The number of nitriles is 1. The lowest BCUT2D eigenvalue weighted by Crippen LogP contribution is -2.41. The molecule has 19 heavy (non-hydrogen) atoms. The number of carbonyl (C=O) groups excluding carboxylic acids is 1. The number of hydrogen-bond acceptors (Lipinski definition) is 3. The van der Waals surface area contributed by atoms with Crippen LogP contribution in [0.1, 0.15) is 19.4 Å². The van der Waals surface area contributed by atoms with E-state index in [2.05, 4.69) is 11.4 Å². The van der Waals surface area contributed by atoms with Crippen molar-refractivity contribution < 1.29 is 9.53 Å². The molecular weight excluding hydrogens is 240 g/mol. The van der Waals surface area contributed by atoms with Gasteiger partial charge in [-0.3, -0.25) is 4.79 Å². The Hall–Kier alpha value is -2.02. The van der Waals surface area contributed by atoms with Gasteiger partial charge in [-0.05, 0) is 31.9 Å². The fourth-order valence-corrected chi connectivity index (χ4v) is 1.99. The summed E-state index contributed by atoms with van der Waals surface area (Å²) in [5.74, 6) is 0.645. The number of para-hydroxylation sites is 1. The molecule has 2 rings (SSSR count). The quantitative estimate of drug-likeness (QED) is 0.900. The van der Waals surface area contributed by atoms with Crippen LogP contribution in [0.2, 0.25) is 0 Å². The SMILES string of the molecule is CC(C)(C#N)CNC(=O)C1COc2ccccc2C1. The molecule has 1 aromatic carbocycles. The maximum atomic E-state index is 12.1. The van der Waals surface area contributed by atoms with Crippen LogP contribution in [0.25, 0.3) is 0 Å². The molecular formula is C15H18N2O2.